The van der Waals surface area contributed by atoms with Gasteiger partial charge in [0.2, 0.25) is 5.91 Å². The lowest BCUT2D eigenvalue weighted by atomic mass is 10.1. The van der Waals surface area contributed by atoms with E-state index in [0.29, 0.717) is 0 Å². The molecule has 5 heteroatoms. The van der Waals surface area contributed by atoms with Gasteiger partial charge in [-0.25, -0.2) is 0 Å². The summed E-state index contributed by atoms with van der Waals surface area (Å²) in [4.78, 5) is 24.7. The molecule has 0 saturated carbocycles. The van der Waals surface area contributed by atoms with E-state index in [1.54, 1.807) is 11.8 Å². The molecule has 1 amide bonds. The average molecular weight is 280 g/mol. The number of nitrogens with two attached hydrogens (primary N) is 1. The Hall–Kier alpha value is -1.33. The second kappa shape index (κ2) is 7.96. The van der Waals surface area contributed by atoms with Gasteiger partial charge in [-0.1, -0.05) is 18.2 Å². The molecule has 0 aliphatic carbocycles. The van der Waals surface area contributed by atoms with Gasteiger partial charge in [0.05, 0.1) is 6.04 Å². The number of rotatable bonds is 2. The van der Waals surface area contributed by atoms with Gasteiger partial charge in [0.1, 0.15) is 0 Å². The molecule has 1 unspecified atom stereocenters. The van der Waals surface area contributed by atoms with Crippen molar-refractivity contribution in [2.24, 2.45) is 5.14 Å². The van der Waals surface area contributed by atoms with Crippen LogP contribution in [0.25, 0.3) is 0 Å². The summed E-state index contributed by atoms with van der Waals surface area (Å²) in [7, 11) is 0. The lowest BCUT2D eigenvalue weighted by Gasteiger charge is -2.20. The number of Topliss-reactive ketones (excluding diaryl/α,β-unsaturated/α-hetero) is 1. The fourth-order valence-corrected chi connectivity index (χ4v) is 2.38. The van der Waals surface area contributed by atoms with Crippen LogP contribution in [0.5, 0.6) is 0 Å². The number of benzene rings is 1. The predicted molar refractivity (Wildman–Crippen MR) is 77.6 cm³/mol. The van der Waals surface area contributed by atoms with Crippen LogP contribution in [0.15, 0.2) is 35.2 Å². The van der Waals surface area contributed by atoms with Crippen LogP contribution in [0.4, 0.5) is 0 Å². The summed E-state index contributed by atoms with van der Waals surface area (Å²) < 4.78 is 0. The van der Waals surface area contributed by atoms with Crippen molar-refractivity contribution in [3.63, 3.8) is 0 Å². The summed E-state index contributed by atoms with van der Waals surface area (Å²) in [6, 6.07) is 9.73. The molecule has 1 aliphatic heterocycles. The second-order valence-corrected chi connectivity index (χ2v) is 5.12. The molecule has 2 N–H and O–H groups in total. The fourth-order valence-electron chi connectivity index (χ4n) is 2.07. The van der Waals surface area contributed by atoms with Crippen molar-refractivity contribution in [1.82, 2.24) is 4.90 Å². The van der Waals surface area contributed by atoms with Crippen LogP contribution in [0, 0.1) is 0 Å². The third-order valence-corrected chi connectivity index (χ3v) is 3.55. The minimum Gasteiger partial charge on any atom is -0.333 e. The summed E-state index contributed by atoms with van der Waals surface area (Å²) in [5, 5.41) is 5.27. The third kappa shape index (κ3) is 5.04. The van der Waals surface area contributed by atoms with Crippen molar-refractivity contribution < 1.29 is 9.59 Å². The third-order valence-electron chi connectivity index (χ3n) is 3.01. The zero-order valence-electron chi connectivity index (χ0n) is 11.3. The first-order valence-corrected chi connectivity index (χ1v) is 7.13. The van der Waals surface area contributed by atoms with Gasteiger partial charge < -0.3 is 4.90 Å². The van der Waals surface area contributed by atoms with Crippen molar-refractivity contribution >= 4 is 23.6 Å². The standard InChI is InChI=1S/C8H13NO2.C6H7NS/c1-6(10)8-4-3-5-9(8)7(2)11;7-8-6-4-2-1-3-5-6/h8H,3-5H2,1-2H3;1-5H,7H2. The minimum atomic E-state index is -0.132. The predicted octanol–water partition coefficient (Wildman–Crippen LogP) is 2.24. The first-order chi connectivity index (χ1) is 9.06. The van der Waals surface area contributed by atoms with Crippen LogP contribution >= 0.6 is 11.9 Å². The van der Waals surface area contributed by atoms with Gasteiger partial charge in [-0.05, 0) is 43.8 Å². The molecule has 0 radical (unpaired) electrons. The normalized spacial score (nSPS) is 17.6. The molecule has 1 aromatic rings. The summed E-state index contributed by atoms with van der Waals surface area (Å²) in [6.45, 7) is 3.81. The van der Waals surface area contributed by atoms with Crippen molar-refractivity contribution in [2.75, 3.05) is 6.54 Å². The largest absolute Gasteiger partial charge is 0.333 e. The molecule has 0 bridgehead atoms. The highest BCUT2D eigenvalue weighted by atomic mass is 32.2. The molecular formula is C14H20N2O2S. The van der Waals surface area contributed by atoms with Gasteiger partial charge in [-0.15, -0.1) is 0 Å². The Labute approximate surface area is 118 Å². The van der Waals surface area contributed by atoms with Crippen molar-refractivity contribution in [3.8, 4) is 0 Å². The Bertz CT molecular complexity index is 403. The van der Waals surface area contributed by atoms with Gasteiger partial charge in [0, 0.05) is 18.4 Å². The van der Waals surface area contributed by atoms with Crippen molar-refractivity contribution in [3.05, 3.63) is 30.3 Å². The maximum absolute atomic E-state index is 11.0. The lowest BCUT2D eigenvalue weighted by molar-refractivity contribution is -0.135. The second-order valence-electron chi connectivity index (χ2n) is 4.41. The number of likely N-dealkylation sites (tertiary alicyclic amines) is 1. The number of hydrogen-bond acceptors (Lipinski definition) is 4. The van der Waals surface area contributed by atoms with E-state index in [0.717, 1.165) is 24.3 Å². The van der Waals surface area contributed by atoms with Crippen LogP contribution in [-0.4, -0.2) is 29.2 Å². The van der Waals surface area contributed by atoms with E-state index in [1.807, 2.05) is 30.3 Å². The molecule has 1 heterocycles. The highest BCUT2D eigenvalue weighted by molar-refractivity contribution is 7.97. The van der Waals surface area contributed by atoms with E-state index >= 15 is 0 Å². The van der Waals surface area contributed by atoms with Crippen molar-refractivity contribution in [2.45, 2.75) is 37.6 Å². The summed E-state index contributed by atoms with van der Waals surface area (Å²) in [5.41, 5.74) is 0. The number of ketones is 1. The summed E-state index contributed by atoms with van der Waals surface area (Å²) in [5.74, 6) is 0.125. The maximum atomic E-state index is 11.0. The summed E-state index contributed by atoms with van der Waals surface area (Å²) >= 11 is 1.27. The van der Waals surface area contributed by atoms with Crippen LogP contribution in [-0.2, 0) is 9.59 Å². The monoisotopic (exact) mass is 280 g/mol. The molecule has 1 fully saturated rings. The van der Waals surface area contributed by atoms with Crippen LogP contribution in [0.1, 0.15) is 26.7 Å². The Morgan fingerprint density at radius 1 is 1.26 bits per heavy atom. The number of nitrogens with zero attached hydrogens (tertiary/aromatic N) is 1. The lowest BCUT2D eigenvalue weighted by Crippen LogP contribution is -2.37. The molecule has 1 saturated heterocycles. The number of carbonyl (C=O) groups is 2. The molecule has 1 aliphatic rings. The molecule has 104 valence electrons. The van der Waals surface area contributed by atoms with Crippen LogP contribution in [0.2, 0.25) is 0 Å². The Kier molecular flexibility index (Phi) is 6.59. The minimum absolute atomic E-state index is 0.0164. The topological polar surface area (TPSA) is 63.4 Å². The molecule has 2 rings (SSSR count). The first-order valence-electron chi connectivity index (χ1n) is 6.25. The maximum Gasteiger partial charge on any atom is 0.220 e. The highest BCUT2D eigenvalue weighted by Gasteiger charge is 2.29. The Morgan fingerprint density at radius 3 is 2.26 bits per heavy atom. The number of amides is 1. The smallest absolute Gasteiger partial charge is 0.220 e. The molecule has 1 atom stereocenters. The van der Waals surface area contributed by atoms with Gasteiger partial charge in [0.25, 0.3) is 0 Å². The highest BCUT2D eigenvalue weighted by Crippen LogP contribution is 2.17. The molecular weight excluding hydrogens is 260 g/mol. The quantitative estimate of drug-likeness (QED) is 0.844. The molecule has 0 spiro atoms. The van der Waals surface area contributed by atoms with E-state index < -0.39 is 0 Å². The number of hydrogen-bond donors (Lipinski definition) is 1. The van der Waals surface area contributed by atoms with Gasteiger partial charge >= 0.3 is 0 Å². The molecule has 1 aromatic carbocycles. The van der Waals surface area contributed by atoms with Crippen molar-refractivity contribution in [1.29, 1.82) is 0 Å². The zero-order chi connectivity index (χ0) is 14.3. The average Bonchev–Trinajstić information content (AvgIpc) is 2.90. The van der Waals surface area contributed by atoms with Gasteiger partial charge in [-0.2, -0.15) is 0 Å². The van der Waals surface area contributed by atoms with E-state index in [4.69, 9.17) is 5.14 Å². The fraction of sp³-hybridized carbons (Fsp3) is 0.429. The van der Waals surface area contributed by atoms with E-state index in [1.165, 1.54) is 18.9 Å². The van der Waals surface area contributed by atoms with Gasteiger partial charge in [0.15, 0.2) is 5.78 Å². The molecule has 4 nitrogen and oxygen atoms in total. The van der Waals surface area contributed by atoms with E-state index in [2.05, 4.69) is 0 Å². The van der Waals surface area contributed by atoms with Gasteiger partial charge in [-0.3, -0.25) is 14.7 Å². The van der Waals surface area contributed by atoms with E-state index in [9.17, 15) is 9.59 Å². The SMILES string of the molecule is CC(=O)C1CCCN1C(C)=O.NSc1ccccc1. The Balaban J connectivity index is 0.000000200. The summed E-state index contributed by atoms with van der Waals surface area (Å²) in [6.07, 6.45) is 1.80. The zero-order valence-corrected chi connectivity index (χ0v) is 12.2. The Morgan fingerprint density at radius 2 is 1.89 bits per heavy atom. The van der Waals surface area contributed by atoms with E-state index in [-0.39, 0.29) is 17.7 Å². The van der Waals surface area contributed by atoms with Crippen LogP contribution in [0.3, 0.4) is 0 Å². The first kappa shape index (κ1) is 15.7. The molecule has 0 aromatic heterocycles. The molecule has 19 heavy (non-hydrogen) atoms. The number of carbonyl (C=O) groups excluding carboxylic acids is 2. The van der Waals surface area contributed by atoms with Crippen LogP contribution < -0.4 is 5.14 Å².